The Morgan fingerprint density at radius 3 is 0.993 bits per heavy atom. The number of aryl methyl sites for hydroxylation is 1. The number of hydrogen-bond acceptors (Lipinski definition) is 18. The number of anilines is 4. The SMILES string of the molecule is CN(C)C1(c2ccccc2)CCC2(CC1)CN(c1ccc(C#N)cc1)C(=O)N2CC1CCC1.COC(=O)c1cc(C)c(N2CC3(CCC(c4ccccc4)(N(C)C)CC3)N(CC3CCC3)C2=O)cn1.COc1cnc(N2CC3(CCC(c4ccccc4)(N(C)C)CC3)N(CC3CCC3)C2=O)cn1.COc1ncc(N2CC3(CCC(c4ccccc4)(N(C)C)CC3)N(CC3CCC3)C2=O)cn1. The molecule has 135 heavy (non-hydrogen) atoms. The summed E-state index contributed by atoms with van der Waals surface area (Å²) in [5.74, 6) is 3.11. The van der Waals surface area contributed by atoms with Gasteiger partial charge in [0.05, 0.1) is 124 Å². The van der Waals surface area contributed by atoms with E-state index in [-0.39, 0.29) is 74.1 Å². The van der Waals surface area contributed by atoms with Crippen LogP contribution in [0.3, 0.4) is 0 Å². The van der Waals surface area contributed by atoms with Crippen molar-refractivity contribution in [3.63, 3.8) is 0 Å². The van der Waals surface area contributed by atoms with Gasteiger partial charge >= 0.3 is 36.1 Å². The monoisotopic (exact) mass is 1830 g/mol. The number of benzene rings is 5. The molecule has 26 heteroatoms. The van der Waals surface area contributed by atoms with Crippen LogP contribution in [-0.4, -0.2) is 246 Å². The highest BCUT2D eigenvalue weighted by Crippen LogP contribution is 2.56. The fraction of sp³-hybridized carbons (Fsp3) is 0.550. The number of urea groups is 4. The van der Waals surface area contributed by atoms with Crippen LogP contribution in [0.25, 0.3) is 0 Å². The summed E-state index contributed by atoms with van der Waals surface area (Å²) < 4.78 is 15.1. The average Bonchev–Trinajstić information content (AvgIpc) is 1.69. The number of carbonyl (C=O) groups is 5. The molecule has 0 bridgehead atoms. The van der Waals surface area contributed by atoms with E-state index in [9.17, 15) is 24.0 Å². The minimum absolute atomic E-state index is 0.00500. The van der Waals surface area contributed by atoms with Gasteiger partial charge in [-0.15, -0.1) is 0 Å². The summed E-state index contributed by atoms with van der Waals surface area (Å²) in [4.78, 5) is 115. The number of nitriles is 1. The first-order valence-electron chi connectivity index (χ1n) is 49.8. The number of rotatable bonds is 23. The third-order valence-corrected chi connectivity index (χ3v) is 34.6. The van der Waals surface area contributed by atoms with Crippen LogP contribution in [-0.2, 0) is 26.9 Å². The molecule has 0 atom stereocenters. The van der Waals surface area contributed by atoms with Gasteiger partial charge in [0.25, 0.3) is 0 Å². The highest BCUT2D eigenvalue weighted by molar-refractivity contribution is 5.98. The predicted molar refractivity (Wildman–Crippen MR) is 528 cm³/mol. The summed E-state index contributed by atoms with van der Waals surface area (Å²) in [5.41, 5.74) is 9.10. The Balaban J connectivity index is 0.000000125. The minimum atomic E-state index is -0.464. The molecule has 4 saturated heterocycles. The molecular formula is C109H142N18O8. The molecule has 3 aromatic heterocycles. The average molecular weight is 1830 g/mol. The van der Waals surface area contributed by atoms with E-state index in [1.165, 1.54) is 106 Å². The van der Waals surface area contributed by atoms with E-state index in [1.807, 2.05) is 50.8 Å². The second-order valence-corrected chi connectivity index (χ2v) is 42.0. The van der Waals surface area contributed by atoms with Crippen LogP contribution in [0.4, 0.5) is 42.1 Å². The lowest BCUT2D eigenvalue weighted by Gasteiger charge is -2.51. The smallest absolute Gasteiger partial charge is 0.356 e. The first kappa shape index (κ1) is 95.6. The largest absolute Gasteiger partial charge is 0.480 e. The first-order chi connectivity index (χ1) is 65.2. The zero-order chi connectivity index (χ0) is 94.7. The van der Waals surface area contributed by atoms with E-state index >= 15 is 0 Å². The van der Waals surface area contributed by atoms with Crippen LogP contribution in [0, 0.1) is 41.9 Å². The van der Waals surface area contributed by atoms with Gasteiger partial charge in [0.1, 0.15) is 5.69 Å². The lowest BCUT2D eigenvalue weighted by molar-refractivity contribution is 0.0172. The van der Waals surface area contributed by atoms with E-state index in [0.29, 0.717) is 66.6 Å². The Labute approximate surface area is 800 Å². The van der Waals surface area contributed by atoms with Gasteiger partial charge in [-0.3, -0.25) is 39.2 Å². The van der Waals surface area contributed by atoms with E-state index < -0.39 is 5.97 Å². The summed E-state index contributed by atoms with van der Waals surface area (Å²) in [7, 11) is 22.0. The second-order valence-electron chi connectivity index (χ2n) is 42.0. The van der Waals surface area contributed by atoms with Crippen LogP contribution >= 0.6 is 0 Å². The van der Waals surface area contributed by atoms with Gasteiger partial charge in [0, 0.05) is 54.0 Å². The van der Waals surface area contributed by atoms with Crippen molar-refractivity contribution >= 4 is 53.0 Å². The molecule has 716 valence electrons. The molecule has 8 aromatic rings. The number of methoxy groups -OCH3 is 3. The van der Waals surface area contributed by atoms with Crippen molar-refractivity contribution < 1.29 is 38.2 Å². The quantitative estimate of drug-likeness (QED) is 0.0541. The maximum atomic E-state index is 14.0. The molecule has 5 aromatic carbocycles. The zero-order valence-corrected chi connectivity index (χ0v) is 81.9. The molecule has 8 aliphatic carbocycles. The van der Waals surface area contributed by atoms with E-state index in [0.717, 1.165) is 158 Å². The number of carbonyl (C=O) groups excluding carboxylic acids is 5. The van der Waals surface area contributed by atoms with E-state index in [2.05, 4.69) is 248 Å². The van der Waals surface area contributed by atoms with Gasteiger partial charge in [-0.25, -0.2) is 48.9 Å². The fourth-order valence-corrected chi connectivity index (χ4v) is 24.8. The van der Waals surface area contributed by atoms with Crippen molar-refractivity contribution in [3.05, 3.63) is 222 Å². The summed E-state index contributed by atoms with van der Waals surface area (Å²) in [6, 6.07) is 55.5. The van der Waals surface area contributed by atoms with Crippen molar-refractivity contribution in [1.82, 2.24) is 64.1 Å². The molecule has 26 nitrogen and oxygen atoms in total. The standard InChI is InChI=1S/C29H38N4O3.C28H34N4O.2C26H35N5O2/c1-21-17-24(26(34)36-4)30-18-25(21)32-20-28(33(27(32)35)19-22-9-8-10-22)13-15-29(16-14-28,31(2)3)23-11-6-5-7-12-23;1-30(2)28(24-9-4-3-5-10-24)17-15-27(16-18-28)21-31(25-13-11-22(19-29)12-14-25)26(33)32(27)20-23-7-6-8-23;1-29(2)26(21-10-5-4-6-11-21)14-12-25(13-15-26)19-30(22-16-28-23(33-3)17-27-22)24(32)31(25)18-20-8-7-9-20;1-29(2)26(21-10-5-4-6-11-21)14-12-25(13-15-26)19-30(22-16-27-23(33-3)28-17-22)24(32)31(25)18-20-8-7-9-20/h5-7,11-12,17-18,22H,8-10,13-16,19-20H2,1-4H3;3-5,9-14,23H,6-8,15-18,20-21H2,1-2H3;2*4-6,10-11,16-17,20H,7-9,12-15,18-19H2,1-3H3. The van der Waals surface area contributed by atoms with Gasteiger partial charge in [-0.2, -0.15) is 5.26 Å². The van der Waals surface area contributed by atoms with Crippen LogP contribution in [0.1, 0.15) is 224 Å². The summed E-state index contributed by atoms with van der Waals surface area (Å²) in [6.45, 7) is 8.16. The normalized spacial score (nSPS) is 27.5. The highest BCUT2D eigenvalue weighted by Gasteiger charge is 2.61. The lowest BCUT2D eigenvalue weighted by Crippen LogP contribution is -2.56. The molecular weight excluding hydrogens is 1690 g/mol. The molecule has 7 heterocycles. The Hall–Kier alpha value is -11.1. The number of nitrogens with zero attached hydrogens (tertiary/aromatic N) is 18. The Kier molecular flexibility index (Phi) is 28.3. The Morgan fingerprint density at radius 2 is 0.704 bits per heavy atom. The van der Waals surface area contributed by atoms with Crippen LogP contribution in [0.5, 0.6) is 11.9 Å². The van der Waals surface area contributed by atoms with Crippen LogP contribution in [0.2, 0.25) is 0 Å². The van der Waals surface area contributed by atoms with E-state index in [1.54, 1.807) is 51.3 Å². The van der Waals surface area contributed by atoms with Crippen molar-refractivity contribution in [2.75, 3.05) is 150 Å². The highest BCUT2D eigenvalue weighted by atomic mass is 16.5. The summed E-state index contributed by atoms with van der Waals surface area (Å²) in [5, 5.41) is 9.16. The molecule has 0 radical (unpaired) electrons. The van der Waals surface area contributed by atoms with Crippen molar-refractivity contribution in [1.29, 1.82) is 5.26 Å². The Morgan fingerprint density at radius 1 is 0.378 bits per heavy atom. The van der Waals surface area contributed by atoms with Crippen LogP contribution < -0.4 is 29.1 Å². The summed E-state index contributed by atoms with van der Waals surface area (Å²) >= 11 is 0. The number of ether oxygens (including phenoxy) is 3. The maximum Gasteiger partial charge on any atom is 0.356 e. The lowest BCUT2D eigenvalue weighted by atomic mass is 9.68. The van der Waals surface area contributed by atoms with E-state index in [4.69, 9.17) is 19.5 Å². The van der Waals surface area contributed by atoms with Gasteiger partial charge in [-0.1, -0.05) is 147 Å². The van der Waals surface area contributed by atoms with Crippen molar-refractivity contribution in [2.45, 2.75) is 231 Å². The number of amides is 8. The molecule has 12 aliphatic rings. The van der Waals surface area contributed by atoms with Gasteiger partial charge in [-0.05, 0) is 299 Å². The number of hydrogen-bond donors (Lipinski definition) is 0. The fourth-order valence-electron chi connectivity index (χ4n) is 24.8. The molecule has 4 aliphatic heterocycles. The number of esters is 1. The molecule has 4 spiro atoms. The molecule has 0 unspecified atom stereocenters. The Bertz CT molecular complexity index is 5260. The molecule has 8 amide bonds. The molecule has 20 rings (SSSR count). The van der Waals surface area contributed by atoms with Gasteiger partial charge in [0.2, 0.25) is 5.88 Å². The number of aromatic nitrogens is 5. The molecule has 0 N–H and O–H groups in total. The third kappa shape index (κ3) is 18.5. The van der Waals surface area contributed by atoms with Gasteiger partial charge in [0.15, 0.2) is 5.82 Å². The van der Waals surface area contributed by atoms with Crippen LogP contribution in [0.15, 0.2) is 183 Å². The maximum absolute atomic E-state index is 14.0. The van der Waals surface area contributed by atoms with Crippen molar-refractivity contribution in [3.8, 4) is 18.0 Å². The second kappa shape index (κ2) is 39.9. The predicted octanol–water partition coefficient (Wildman–Crippen LogP) is 19.0. The topological polar surface area (TPSA) is 240 Å². The summed E-state index contributed by atoms with van der Waals surface area (Å²) in [6.07, 6.45) is 39.4. The number of pyridine rings is 1. The molecule has 12 fully saturated rings. The third-order valence-electron chi connectivity index (χ3n) is 34.6. The molecule has 8 saturated carbocycles. The minimum Gasteiger partial charge on any atom is -0.480 e. The first-order valence-corrected chi connectivity index (χ1v) is 49.8. The van der Waals surface area contributed by atoms with Crippen molar-refractivity contribution in [2.24, 2.45) is 23.7 Å². The van der Waals surface area contributed by atoms with Gasteiger partial charge < -0.3 is 33.8 Å². The zero-order valence-electron chi connectivity index (χ0n) is 81.9.